The van der Waals surface area contributed by atoms with Crippen LogP contribution in [-0.4, -0.2) is 24.0 Å². The van der Waals surface area contributed by atoms with Gasteiger partial charge in [-0.05, 0) is 36.5 Å². The molecule has 0 amide bonds. The minimum absolute atomic E-state index is 0.353. The molecule has 1 heterocycles. The van der Waals surface area contributed by atoms with Gasteiger partial charge in [0.15, 0.2) is 0 Å². The predicted molar refractivity (Wildman–Crippen MR) is 68.3 cm³/mol. The molecule has 16 heavy (non-hydrogen) atoms. The molecule has 2 rings (SSSR count). The molecule has 0 spiro atoms. The summed E-state index contributed by atoms with van der Waals surface area (Å²) in [5, 5.41) is 0. The first kappa shape index (κ1) is 11.6. The number of benzene rings is 1. The summed E-state index contributed by atoms with van der Waals surface area (Å²) in [6.45, 7) is 9.79. The molecule has 1 fully saturated rings. The van der Waals surface area contributed by atoms with E-state index in [4.69, 9.17) is 5.73 Å². The second kappa shape index (κ2) is 4.56. The topological polar surface area (TPSA) is 29.3 Å². The molecular formula is C14H22N2. The van der Waals surface area contributed by atoms with Crippen LogP contribution in [0.5, 0.6) is 0 Å². The molecule has 0 aromatic heterocycles. The number of hydrogen-bond acceptors (Lipinski definition) is 2. The fourth-order valence-electron chi connectivity index (χ4n) is 2.38. The molecule has 1 aliphatic heterocycles. The minimum atomic E-state index is 0.353. The summed E-state index contributed by atoms with van der Waals surface area (Å²) in [7, 11) is 0. The largest absolute Gasteiger partial charge is 0.326 e. The molecule has 0 bridgehead atoms. The van der Waals surface area contributed by atoms with Gasteiger partial charge in [0.2, 0.25) is 0 Å². The van der Waals surface area contributed by atoms with Gasteiger partial charge < -0.3 is 5.73 Å². The van der Waals surface area contributed by atoms with E-state index in [1.807, 2.05) is 0 Å². The van der Waals surface area contributed by atoms with Crippen molar-refractivity contribution in [2.75, 3.05) is 13.1 Å². The maximum absolute atomic E-state index is 6.03. The molecule has 1 aliphatic rings. The van der Waals surface area contributed by atoms with E-state index in [1.165, 1.54) is 16.7 Å². The van der Waals surface area contributed by atoms with Crippen molar-refractivity contribution in [2.45, 2.75) is 33.4 Å². The number of aryl methyl sites for hydroxylation is 2. The molecule has 2 atom stereocenters. The van der Waals surface area contributed by atoms with E-state index < -0.39 is 0 Å². The Balaban J connectivity index is 2.02. The van der Waals surface area contributed by atoms with E-state index in [9.17, 15) is 0 Å². The number of likely N-dealkylation sites (tertiary alicyclic amines) is 1. The summed E-state index contributed by atoms with van der Waals surface area (Å²) in [5.41, 5.74) is 10.2. The third-order valence-electron chi connectivity index (χ3n) is 3.72. The van der Waals surface area contributed by atoms with Crippen LogP contribution in [0, 0.1) is 19.8 Å². The Morgan fingerprint density at radius 1 is 1.25 bits per heavy atom. The van der Waals surface area contributed by atoms with Gasteiger partial charge in [0.1, 0.15) is 0 Å². The Labute approximate surface area is 98.4 Å². The molecule has 88 valence electrons. The minimum Gasteiger partial charge on any atom is -0.326 e. The maximum atomic E-state index is 6.03. The predicted octanol–water partition coefficient (Wildman–Crippen LogP) is 2.08. The van der Waals surface area contributed by atoms with Gasteiger partial charge in [0, 0.05) is 25.7 Å². The Hall–Kier alpha value is -0.860. The van der Waals surface area contributed by atoms with Crippen molar-refractivity contribution in [1.29, 1.82) is 0 Å². The smallest absolute Gasteiger partial charge is 0.0234 e. The van der Waals surface area contributed by atoms with Gasteiger partial charge in [0.05, 0.1) is 0 Å². The Kier molecular flexibility index (Phi) is 3.31. The van der Waals surface area contributed by atoms with E-state index in [0.717, 1.165) is 19.6 Å². The fraction of sp³-hybridized carbons (Fsp3) is 0.571. The van der Waals surface area contributed by atoms with Crippen LogP contribution >= 0.6 is 0 Å². The second-order valence-electron chi connectivity index (χ2n) is 5.25. The zero-order valence-corrected chi connectivity index (χ0v) is 10.5. The van der Waals surface area contributed by atoms with Crippen molar-refractivity contribution in [3.8, 4) is 0 Å². The third-order valence-corrected chi connectivity index (χ3v) is 3.72. The van der Waals surface area contributed by atoms with Crippen molar-refractivity contribution in [2.24, 2.45) is 11.7 Å². The first-order chi connectivity index (χ1) is 7.56. The van der Waals surface area contributed by atoms with Crippen LogP contribution in [0.1, 0.15) is 23.6 Å². The lowest BCUT2D eigenvalue weighted by atomic mass is 10.1. The quantitative estimate of drug-likeness (QED) is 0.823. The van der Waals surface area contributed by atoms with Crippen LogP contribution in [0.15, 0.2) is 18.2 Å². The van der Waals surface area contributed by atoms with Gasteiger partial charge in [-0.3, -0.25) is 4.90 Å². The molecule has 2 nitrogen and oxygen atoms in total. The Morgan fingerprint density at radius 3 is 2.56 bits per heavy atom. The zero-order valence-electron chi connectivity index (χ0n) is 10.5. The molecule has 1 aromatic rings. The van der Waals surface area contributed by atoms with E-state index >= 15 is 0 Å². The molecule has 2 unspecified atom stereocenters. The summed E-state index contributed by atoms with van der Waals surface area (Å²) >= 11 is 0. The summed E-state index contributed by atoms with van der Waals surface area (Å²) in [6.07, 6.45) is 0. The van der Waals surface area contributed by atoms with Gasteiger partial charge in [-0.25, -0.2) is 0 Å². The van der Waals surface area contributed by atoms with Crippen LogP contribution in [0.3, 0.4) is 0 Å². The standard InChI is InChI=1S/C14H22N2/c1-10-4-5-13(6-11(10)2)8-16-7-12(3)14(15)9-16/h4-6,12,14H,7-9,15H2,1-3H3. The molecule has 1 saturated heterocycles. The van der Waals surface area contributed by atoms with Crippen LogP contribution in [0.4, 0.5) is 0 Å². The molecule has 0 aliphatic carbocycles. The average molecular weight is 218 g/mol. The number of rotatable bonds is 2. The van der Waals surface area contributed by atoms with Crippen molar-refractivity contribution in [3.63, 3.8) is 0 Å². The fourth-order valence-corrected chi connectivity index (χ4v) is 2.38. The lowest BCUT2D eigenvalue weighted by Gasteiger charge is -2.16. The molecule has 0 radical (unpaired) electrons. The number of hydrogen-bond donors (Lipinski definition) is 1. The highest BCUT2D eigenvalue weighted by molar-refractivity contribution is 5.29. The second-order valence-corrected chi connectivity index (χ2v) is 5.25. The lowest BCUT2D eigenvalue weighted by molar-refractivity contribution is 0.319. The lowest BCUT2D eigenvalue weighted by Crippen LogP contribution is -2.28. The number of nitrogens with two attached hydrogens (primary N) is 1. The monoisotopic (exact) mass is 218 g/mol. The van der Waals surface area contributed by atoms with Crippen LogP contribution in [0.2, 0.25) is 0 Å². The summed E-state index contributed by atoms with van der Waals surface area (Å²) in [4.78, 5) is 2.46. The summed E-state index contributed by atoms with van der Waals surface area (Å²) < 4.78 is 0. The van der Waals surface area contributed by atoms with Crippen molar-refractivity contribution in [3.05, 3.63) is 34.9 Å². The first-order valence-corrected chi connectivity index (χ1v) is 6.10. The highest BCUT2D eigenvalue weighted by Gasteiger charge is 2.26. The Bertz CT molecular complexity index is 363. The Morgan fingerprint density at radius 2 is 2.00 bits per heavy atom. The average Bonchev–Trinajstić information content (AvgIpc) is 2.52. The highest BCUT2D eigenvalue weighted by Crippen LogP contribution is 2.18. The molecular weight excluding hydrogens is 196 g/mol. The van der Waals surface area contributed by atoms with Gasteiger partial charge in [-0.15, -0.1) is 0 Å². The van der Waals surface area contributed by atoms with Crippen molar-refractivity contribution < 1.29 is 0 Å². The van der Waals surface area contributed by atoms with Gasteiger partial charge in [0.25, 0.3) is 0 Å². The molecule has 2 N–H and O–H groups in total. The van der Waals surface area contributed by atoms with Crippen LogP contribution < -0.4 is 5.73 Å². The summed E-state index contributed by atoms with van der Waals surface area (Å²) in [5.74, 6) is 0.631. The van der Waals surface area contributed by atoms with E-state index in [0.29, 0.717) is 12.0 Å². The molecule has 2 heteroatoms. The molecule has 1 aromatic carbocycles. The van der Waals surface area contributed by atoms with E-state index in [-0.39, 0.29) is 0 Å². The van der Waals surface area contributed by atoms with Gasteiger partial charge in [-0.2, -0.15) is 0 Å². The SMILES string of the molecule is Cc1ccc(CN2CC(C)C(N)C2)cc1C. The number of nitrogens with zero attached hydrogens (tertiary/aromatic N) is 1. The first-order valence-electron chi connectivity index (χ1n) is 6.10. The van der Waals surface area contributed by atoms with Crippen LogP contribution in [-0.2, 0) is 6.54 Å². The van der Waals surface area contributed by atoms with E-state index in [1.54, 1.807) is 0 Å². The normalized spacial score (nSPS) is 26.2. The molecule has 0 saturated carbocycles. The summed E-state index contributed by atoms with van der Waals surface area (Å²) in [6, 6.07) is 7.09. The van der Waals surface area contributed by atoms with Gasteiger partial charge in [-0.1, -0.05) is 25.1 Å². The zero-order chi connectivity index (χ0) is 11.7. The van der Waals surface area contributed by atoms with Crippen molar-refractivity contribution in [1.82, 2.24) is 4.90 Å². The van der Waals surface area contributed by atoms with E-state index in [2.05, 4.69) is 43.9 Å². The maximum Gasteiger partial charge on any atom is 0.0234 e. The highest BCUT2D eigenvalue weighted by atomic mass is 15.2. The van der Waals surface area contributed by atoms with Crippen molar-refractivity contribution >= 4 is 0 Å². The van der Waals surface area contributed by atoms with Gasteiger partial charge >= 0.3 is 0 Å². The van der Waals surface area contributed by atoms with Crippen LogP contribution in [0.25, 0.3) is 0 Å². The third kappa shape index (κ3) is 2.45.